The standard InChI is InChI=1S/C16H21N5OS.ClH/c1-11-13(23-16(21-11)14-18-7-3-8-19-14)15(22)20-9-5-12-4-2-6-17-10-12;/h3,7-8,12,17H,2,4-6,9-10H2,1H3,(H,20,22);1H. The first-order valence-electron chi connectivity index (χ1n) is 7.98. The van der Waals surface area contributed by atoms with Crippen molar-refractivity contribution in [1.29, 1.82) is 0 Å². The molecule has 0 spiro atoms. The Morgan fingerprint density at radius 2 is 2.21 bits per heavy atom. The molecule has 8 heteroatoms. The number of nitrogens with zero attached hydrogens (tertiary/aromatic N) is 3. The zero-order valence-corrected chi connectivity index (χ0v) is 15.3. The van der Waals surface area contributed by atoms with Crippen molar-refractivity contribution in [3.8, 4) is 10.8 Å². The molecule has 0 radical (unpaired) electrons. The van der Waals surface area contributed by atoms with Crippen LogP contribution in [0.5, 0.6) is 0 Å². The number of aromatic nitrogens is 3. The fraction of sp³-hybridized carbons (Fsp3) is 0.500. The van der Waals surface area contributed by atoms with E-state index in [9.17, 15) is 4.79 Å². The summed E-state index contributed by atoms with van der Waals surface area (Å²) in [6.07, 6.45) is 6.85. The third-order valence-corrected chi connectivity index (χ3v) is 5.15. The first kappa shape index (κ1) is 18.8. The minimum absolute atomic E-state index is 0. The van der Waals surface area contributed by atoms with Crippen molar-refractivity contribution < 1.29 is 4.79 Å². The van der Waals surface area contributed by atoms with E-state index in [1.807, 2.05) is 6.92 Å². The maximum Gasteiger partial charge on any atom is 0.263 e. The molecule has 2 aromatic heterocycles. The minimum atomic E-state index is -0.0500. The molecular formula is C16H22ClN5OS. The predicted octanol–water partition coefficient (Wildman–Crippen LogP) is 2.45. The van der Waals surface area contributed by atoms with Crippen LogP contribution in [0.1, 0.15) is 34.6 Å². The van der Waals surface area contributed by atoms with Gasteiger partial charge in [0, 0.05) is 18.9 Å². The van der Waals surface area contributed by atoms with Crippen LogP contribution in [0, 0.1) is 12.8 Å². The Kier molecular flexibility index (Phi) is 7.08. The average Bonchev–Trinajstić information content (AvgIpc) is 2.98. The van der Waals surface area contributed by atoms with Gasteiger partial charge in [0.05, 0.1) is 5.69 Å². The second-order valence-corrected chi connectivity index (χ2v) is 6.76. The summed E-state index contributed by atoms with van der Waals surface area (Å²) in [4.78, 5) is 25.8. The number of thiazole rings is 1. The van der Waals surface area contributed by atoms with Crippen LogP contribution in [0.25, 0.3) is 10.8 Å². The monoisotopic (exact) mass is 367 g/mol. The Bertz CT molecular complexity index is 658. The molecule has 3 heterocycles. The van der Waals surface area contributed by atoms with E-state index < -0.39 is 0 Å². The summed E-state index contributed by atoms with van der Waals surface area (Å²) in [5, 5.41) is 7.10. The first-order valence-corrected chi connectivity index (χ1v) is 8.79. The number of carbonyl (C=O) groups is 1. The Balaban J connectivity index is 0.00000208. The molecule has 1 amide bonds. The van der Waals surface area contributed by atoms with Crippen molar-refractivity contribution in [2.75, 3.05) is 19.6 Å². The van der Waals surface area contributed by atoms with Gasteiger partial charge >= 0.3 is 0 Å². The lowest BCUT2D eigenvalue weighted by atomic mass is 9.96. The zero-order valence-electron chi connectivity index (χ0n) is 13.6. The summed E-state index contributed by atoms with van der Waals surface area (Å²) >= 11 is 1.35. The van der Waals surface area contributed by atoms with E-state index in [1.54, 1.807) is 18.5 Å². The lowest BCUT2D eigenvalue weighted by Crippen LogP contribution is -2.33. The number of piperidine rings is 1. The van der Waals surface area contributed by atoms with Crippen molar-refractivity contribution in [3.05, 3.63) is 29.0 Å². The van der Waals surface area contributed by atoms with Crippen LogP contribution in [-0.4, -0.2) is 40.5 Å². The highest BCUT2D eigenvalue weighted by atomic mass is 35.5. The van der Waals surface area contributed by atoms with Gasteiger partial charge in [-0.15, -0.1) is 23.7 Å². The highest BCUT2D eigenvalue weighted by Crippen LogP contribution is 2.25. The van der Waals surface area contributed by atoms with Gasteiger partial charge in [0.15, 0.2) is 10.8 Å². The predicted molar refractivity (Wildman–Crippen MR) is 97.7 cm³/mol. The second kappa shape index (κ2) is 9.05. The molecule has 1 fully saturated rings. The second-order valence-electron chi connectivity index (χ2n) is 5.76. The van der Waals surface area contributed by atoms with Gasteiger partial charge in [-0.1, -0.05) is 0 Å². The van der Waals surface area contributed by atoms with Crippen LogP contribution in [0.2, 0.25) is 0 Å². The topological polar surface area (TPSA) is 79.8 Å². The van der Waals surface area contributed by atoms with E-state index in [0.29, 0.717) is 28.2 Å². The molecule has 2 N–H and O–H groups in total. The van der Waals surface area contributed by atoms with E-state index in [2.05, 4.69) is 25.6 Å². The highest BCUT2D eigenvalue weighted by molar-refractivity contribution is 7.17. The molecule has 3 rings (SSSR count). The van der Waals surface area contributed by atoms with Gasteiger partial charge in [0.25, 0.3) is 5.91 Å². The van der Waals surface area contributed by atoms with Crippen molar-refractivity contribution in [1.82, 2.24) is 25.6 Å². The van der Waals surface area contributed by atoms with Crippen molar-refractivity contribution >= 4 is 29.7 Å². The van der Waals surface area contributed by atoms with Gasteiger partial charge in [-0.25, -0.2) is 15.0 Å². The Hall–Kier alpha value is -1.57. The number of nitrogens with one attached hydrogen (secondary N) is 2. The number of hydrogen-bond donors (Lipinski definition) is 2. The molecule has 6 nitrogen and oxygen atoms in total. The van der Waals surface area contributed by atoms with E-state index in [1.165, 1.54) is 24.2 Å². The number of rotatable bonds is 5. The smallest absolute Gasteiger partial charge is 0.263 e. The SMILES string of the molecule is Cc1nc(-c2ncccn2)sc1C(=O)NCCC1CCCNC1.Cl. The quantitative estimate of drug-likeness (QED) is 0.848. The van der Waals surface area contributed by atoms with E-state index >= 15 is 0 Å². The Labute approximate surface area is 151 Å². The summed E-state index contributed by atoms with van der Waals surface area (Å²) in [6.45, 7) is 4.74. The maximum atomic E-state index is 12.4. The molecular weight excluding hydrogens is 346 g/mol. The summed E-state index contributed by atoms with van der Waals surface area (Å²) in [5.41, 5.74) is 0.731. The van der Waals surface area contributed by atoms with Gasteiger partial charge in [0.1, 0.15) is 4.88 Å². The Morgan fingerprint density at radius 3 is 2.92 bits per heavy atom. The number of halogens is 1. The molecule has 1 aliphatic rings. The van der Waals surface area contributed by atoms with Crippen LogP contribution < -0.4 is 10.6 Å². The van der Waals surface area contributed by atoms with Gasteiger partial charge in [-0.05, 0) is 51.3 Å². The summed E-state index contributed by atoms with van der Waals surface area (Å²) in [7, 11) is 0. The van der Waals surface area contributed by atoms with E-state index in [4.69, 9.17) is 0 Å². The average molecular weight is 368 g/mol. The molecule has 0 saturated carbocycles. The number of amides is 1. The molecule has 130 valence electrons. The molecule has 1 atom stereocenters. The van der Waals surface area contributed by atoms with Crippen LogP contribution in [0.3, 0.4) is 0 Å². The van der Waals surface area contributed by atoms with Crippen LogP contribution in [0.4, 0.5) is 0 Å². The number of carbonyl (C=O) groups excluding carboxylic acids is 1. The minimum Gasteiger partial charge on any atom is -0.351 e. The first-order chi connectivity index (χ1) is 11.2. The molecule has 1 unspecified atom stereocenters. The van der Waals surface area contributed by atoms with Crippen molar-refractivity contribution in [2.24, 2.45) is 5.92 Å². The normalized spacial score (nSPS) is 17.1. The lowest BCUT2D eigenvalue weighted by molar-refractivity contribution is 0.0954. The van der Waals surface area contributed by atoms with Gasteiger partial charge < -0.3 is 10.6 Å². The van der Waals surface area contributed by atoms with E-state index in [0.717, 1.165) is 25.2 Å². The molecule has 24 heavy (non-hydrogen) atoms. The van der Waals surface area contributed by atoms with Gasteiger partial charge in [0.2, 0.25) is 0 Å². The van der Waals surface area contributed by atoms with Crippen molar-refractivity contribution in [3.63, 3.8) is 0 Å². The van der Waals surface area contributed by atoms with E-state index in [-0.39, 0.29) is 18.3 Å². The largest absolute Gasteiger partial charge is 0.351 e. The molecule has 2 aromatic rings. The third kappa shape index (κ3) is 4.72. The Morgan fingerprint density at radius 1 is 1.42 bits per heavy atom. The molecule has 0 aromatic carbocycles. The van der Waals surface area contributed by atoms with Gasteiger partial charge in [-0.2, -0.15) is 0 Å². The lowest BCUT2D eigenvalue weighted by Gasteiger charge is -2.22. The highest BCUT2D eigenvalue weighted by Gasteiger charge is 2.18. The molecule has 0 aliphatic carbocycles. The molecule has 1 aliphatic heterocycles. The summed E-state index contributed by atoms with van der Waals surface area (Å²) in [5.74, 6) is 1.18. The fourth-order valence-corrected chi connectivity index (χ4v) is 3.68. The zero-order chi connectivity index (χ0) is 16.1. The number of aryl methyl sites for hydroxylation is 1. The van der Waals surface area contributed by atoms with Crippen LogP contribution >= 0.6 is 23.7 Å². The summed E-state index contributed by atoms with van der Waals surface area (Å²) < 4.78 is 0. The maximum absolute atomic E-state index is 12.4. The van der Waals surface area contributed by atoms with Crippen molar-refractivity contribution in [2.45, 2.75) is 26.2 Å². The van der Waals surface area contributed by atoms with Gasteiger partial charge in [-0.3, -0.25) is 4.79 Å². The molecule has 0 bridgehead atoms. The number of hydrogen-bond acceptors (Lipinski definition) is 6. The third-order valence-electron chi connectivity index (χ3n) is 4.00. The van der Waals surface area contributed by atoms with Crippen LogP contribution in [-0.2, 0) is 0 Å². The fourth-order valence-electron chi connectivity index (χ4n) is 2.75. The molecule has 1 saturated heterocycles. The summed E-state index contributed by atoms with van der Waals surface area (Å²) in [6, 6.07) is 1.76. The van der Waals surface area contributed by atoms with Crippen LogP contribution in [0.15, 0.2) is 18.5 Å².